The van der Waals surface area contributed by atoms with E-state index in [-0.39, 0.29) is 49.0 Å². The Balaban J connectivity index is 2.46. The molecule has 3 unspecified atom stereocenters. The number of hydrogen-bond acceptors (Lipinski definition) is 6. The van der Waals surface area contributed by atoms with E-state index in [1.54, 1.807) is 20.8 Å². The Bertz CT molecular complexity index is 1230. The summed E-state index contributed by atoms with van der Waals surface area (Å²) in [4.78, 5) is 82.0. The van der Waals surface area contributed by atoms with Gasteiger partial charge in [0.05, 0.1) is 17.4 Å². The van der Waals surface area contributed by atoms with Crippen molar-refractivity contribution in [2.75, 3.05) is 0 Å². The minimum atomic E-state index is -1.53. The first-order chi connectivity index (χ1) is 22.8. The van der Waals surface area contributed by atoms with Crippen LogP contribution in [0.15, 0.2) is 0 Å². The highest BCUT2D eigenvalue weighted by Gasteiger charge is 2.53. The molecule has 286 valence electrons. The molecular formula is C39H68N4O7. The van der Waals surface area contributed by atoms with E-state index in [2.05, 4.69) is 35.1 Å². The number of rotatable bonds is 14. The van der Waals surface area contributed by atoms with Crippen molar-refractivity contribution in [3.8, 4) is 0 Å². The Morgan fingerprint density at radius 2 is 1.28 bits per heavy atom. The Labute approximate surface area is 301 Å². The number of carbonyl (C=O) groups is 6. The number of carboxylic acid groups (broad SMARTS) is 1. The number of nitrogens with one attached hydrogen (secondary N) is 4. The largest absolute Gasteiger partial charge is 0.481 e. The van der Waals surface area contributed by atoms with Gasteiger partial charge in [-0.25, -0.2) is 4.79 Å². The van der Waals surface area contributed by atoms with Crippen LogP contribution >= 0.6 is 0 Å². The minimum Gasteiger partial charge on any atom is -0.481 e. The van der Waals surface area contributed by atoms with E-state index in [9.17, 15) is 33.9 Å². The molecule has 11 heteroatoms. The Hall–Kier alpha value is -2.98. The number of aliphatic carboxylic acids is 1. The third-order valence-corrected chi connectivity index (χ3v) is 11.2. The molecule has 0 radical (unpaired) electrons. The minimum absolute atomic E-state index is 0.0341. The van der Waals surface area contributed by atoms with Crippen LogP contribution in [0.2, 0.25) is 0 Å². The van der Waals surface area contributed by atoms with Gasteiger partial charge in [-0.1, -0.05) is 102 Å². The van der Waals surface area contributed by atoms with Gasteiger partial charge in [-0.15, -0.1) is 0 Å². The van der Waals surface area contributed by atoms with E-state index >= 15 is 0 Å². The summed E-state index contributed by atoms with van der Waals surface area (Å²) in [6.07, 6.45) is 4.66. The van der Waals surface area contributed by atoms with Gasteiger partial charge in [-0.3, -0.25) is 24.0 Å². The van der Waals surface area contributed by atoms with Crippen LogP contribution < -0.4 is 21.3 Å². The van der Waals surface area contributed by atoms with E-state index in [0.29, 0.717) is 31.1 Å². The van der Waals surface area contributed by atoms with Crippen LogP contribution in [-0.2, 0) is 24.0 Å². The monoisotopic (exact) mass is 705 g/mol. The van der Waals surface area contributed by atoms with Crippen molar-refractivity contribution in [3.05, 3.63) is 0 Å². The molecule has 2 fully saturated rings. The SMILES string of the molecule is CC[C@@H](NC(=O)C(NC(=O)[C@H](CC(=O)[C@@H](NC(=O)NC1C(C)CCC[C@@H]1C)C(C)(C)C)CC(=O)C(C)(C)C)C1(C(=O)O)CCCC1)C(C)(C)C. The van der Waals surface area contributed by atoms with Crippen LogP contribution in [0.3, 0.4) is 0 Å². The second-order valence-electron chi connectivity index (χ2n) is 18.5. The molecule has 2 rings (SSSR count). The maximum atomic E-state index is 14.3. The number of hydrogen-bond donors (Lipinski definition) is 5. The van der Waals surface area contributed by atoms with Gasteiger partial charge >= 0.3 is 12.0 Å². The van der Waals surface area contributed by atoms with Gasteiger partial charge in [0, 0.05) is 30.3 Å². The van der Waals surface area contributed by atoms with Gasteiger partial charge in [0.25, 0.3) is 0 Å². The maximum Gasteiger partial charge on any atom is 0.315 e. The van der Waals surface area contributed by atoms with Gasteiger partial charge < -0.3 is 26.4 Å². The molecule has 7 atom stereocenters. The van der Waals surface area contributed by atoms with Crippen molar-refractivity contribution < 1.29 is 33.9 Å². The average Bonchev–Trinajstić information content (AvgIpc) is 3.48. The first kappa shape index (κ1) is 43.2. The molecule has 2 aliphatic carbocycles. The summed E-state index contributed by atoms with van der Waals surface area (Å²) < 4.78 is 0. The van der Waals surface area contributed by atoms with Gasteiger partial charge in [0.15, 0.2) is 5.78 Å². The smallest absolute Gasteiger partial charge is 0.315 e. The molecule has 4 amide bonds. The van der Waals surface area contributed by atoms with Crippen LogP contribution in [0, 0.1) is 39.4 Å². The summed E-state index contributed by atoms with van der Waals surface area (Å²) in [7, 11) is 0. The molecule has 0 aromatic carbocycles. The maximum absolute atomic E-state index is 14.3. The zero-order valence-electron chi connectivity index (χ0n) is 33.0. The normalized spacial score (nSPS) is 23.5. The van der Waals surface area contributed by atoms with Crippen LogP contribution in [0.25, 0.3) is 0 Å². The number of carboxylic acids is 1. The molecule has 0 aromatic rings. The predicted octanol–water partition coefficient (Wildman–Crippen LogP) is 6.18. The Morgan fingerprint density at radius 3 is 1.72 bits per heavy atom. The number of ketones is 2. The van der Waals surface area contributed by atoms with Gasteiger partial charge in [-0.2, -0.15) is 0 Å². The highest BCUT2D eigenvalue weighted by atomic mass is 16.4. The van der Waals surface area contributed by atoms with Crippen LogP contribution in [-0.4, -0.2) is 64.7 Å². The van der Waals surface area contributed by atoms with Crippen molar-refractivity contribution in [2.24, 2.45) is 39.4 Å². The van der Waals surface area contributed by atoms with Crippen molar-refractivity contribution in [3.63, 3.8) is 0 Å². The number of amides is 4. The van der Waals surface area contributed by atoms with Crippen molar-refractivity contribution in [1.82, 2.24) is 21.3 Å². The number of Topliss-reactive ketones (excluding diaryl/α,β-unsaturated/α-hetero) is 2. The lowest BCUT2D eigenvalue weighted by Gasteiger charge is -2.38. The van der Waals surface area contributed by atoms with Gasteiger partial charge in [0.2, 0.25) is 11.8 Å². The molecule has 2 aliphatic rings. The lowest BCUT2D eigenvalue weighted by atomic mass is 9.76. The Morgan fingerprint density at radius 1 is 0.740 bits per heavy atom. The molecule has 5 N–H and O–H groups in total. The number of urea groups is 1. The fourth-order valence-corrected chi connectivity index (χ4v) is 7.75. The molecule has 0 spiro atoms. The highest BCUT2D eigenvalue weighted by molar-refractivity contribution is 5.98. The summed E-state index contributed by atoms with van der Waals surface area (Å²) >= 11 is 0. The molecule has 50 heavy (non-hydrogen) atoms. The van der Waals surface area contributed by atoms with Crippen molar-refractivity contribution in [2.45, 2.75) is 171 Å². The standard InChI is InChI=1S/C39H68N4O7/c1-13-27(36(4,5)6)40-33(47)31(39(34(48)49)19-14-15-20-39)42-32(46)25(22-28(45)37(7,8)9)21-26(44)30(38(10,11)12)43-35(50)41-29-23(2)17-16-18-24(29)3/h23-25,27,29-31H,13-22H2,1-12H3,(H,40,47)(H,42,46)(H,48,49)(H2,41,43,50)/t23-,24?,25+,27+,29?,30+,31?/m0/s1. The van der Waals surface area contributed by atoms with E-state index in [1.165, 1.54) is 0 Å². The van der Waals surface area contributed by atoms with Gasteiger partial charge in [-0.05, 0) is 54.8 Å². The Kier molecular flexibility index (Phi) is 14.7. The second kappa shape index (κ2) is 17.0. The summed E-state index contributed by atoms with van der Waals surface area (Å²) in [5, 5.41) is 22.2. The van der Waals surface area contributed by atoms with Gasteiger partial charge in [0.1, 0.15) is 11.8 Å². The molecule has 0 bridgehead atoms. The quantitative estimate of drug-likeness (QED) is 0.144. The molecular weight excluding hydrogens is 636 g/mol. The number of carbonyl (C=O) groups excluding carboxylic acids is 5. The fraction of sp³-hybridized carbons (Fsp3) is 0.846. The van der Waals surface area contributed by atoms with E-state index in [1.807, 2.05) is 48.5 Å². The lowest BCUT2D eigenvalue weighted by Crippen LogP contribution is -2.61. The van der Waals surface area contributed by atoms with E-state index < -0.39 is 63.8 Å². The summed E-state index contributed by atoms with van der Waals surface area (Å²) in [5.41, 5.74) is -3.40. The lowest BCUT2D eigenvalue weighted by molar-refractivity contribution is -0.155. The zero-order chi connectivity index (χ0) is 38.4. The van der Waals surface area contributed by atoms with E-state index in [0.717, 1.165) is 19.3 Å². The molecule has 2 saturated carbocycles. The molecule has 0 aliphatic heterocycles. The van der Waals surface area contributed by atoms with Crippen LogP contribution in [0.1, 0.15) is 147 Å². The van der Waals surface area contributed by atoms with Crippen molar-refractivity contribution >= 4 is 35.4 Å². The van der Waals surface area contributed by atoms with E-state index in [4.69, 9.17) is 0 Å². The van der Waals surface area contributed by atoms with Crippen LogP contribution in [0.5, 0.6) is 0 Å². The zero-order valence-corrected chi connectivity index (χ0v) is 33.0. The van der Waals surface area contributed by atoms with Crippen LogP contribution in [0.4, 0.5) is 4.79 Å². The average molecular weight is 705 g/mol. The second-order valence-corrected chi connectivity index (χ2v) is 18.5. The molecule has 11 nitrogen and oxygen atoms in total. The predicted molar refractivity (Wildman–Crippen MR) is 195 cm³/mol. The first-order valence-corrected chi connectivity index (χ1v) is 18.8. The molecule has 0 aromatic heterocycles. The third-order valence-electron chi connectivity index (χ3n) is 11.2. The summed E-state index contributed by atoms with van der Waals surface area (Å²) in [6, 6.07) is -3.16. The molecule has 0 heterocycles. The third kappa shape index (κ3) is 11.3. The first-order valence-electron chi connectivity index (χ1n) is 18.8. The topological polar surface area (TPSA) is 171 Å². The highest BCUT2D eigenvalue weighted by Crippen LogP contribution is 2.42. The molecule has 0 saturated heterocycles. The van der Waals surface area contributed by atoms with Crippen molar-refractivity contribution in [1.29, 1.82) is 0 Å². The summed E-state index contributed by atoms with van der Waals surface area (Å²) in [5.74, 6) is -3.76. The fourth-order valence-electron chi connectivity index (χ4n) is 7.75. The summed E-state index contributed by atoms with van der Waals surface area (Å²) in [6.45, 7) is 22.8.